The highest BCUT2D eigenvalue weighted by Crippen LogP contribution is 2.20. The van der Waals surface area contributed by atoms with Crippen molar-refractivity contribution in [1.82, 2.24) is 5.43 Å². The van der Waals surface area contributed by atoms with E-state index in [-0.39, 0.29) is 12.4 Å². The van der Waals surface area contributed by atoms with Gasteiger partial charge in [0.25, 0.3) is 0 Å². The molecule has 0 bridgehead atoms. The third kappa shape index (κ3) is 4.68. The lowest BCUT2D eigenvalue weighted by atomic mass is 10.0. The first-order valence-electron chi connectivity index (χ1n) is 6.15. The molecule has 0 saturated heterocycles. The fraction of sp³-hybridized carbons (Fsp3) is 0.385. The van der Waals surface area contributed by atoms with Crippen molar-refractivity contribution < 1.29 is 14.6 Å². The quantitative estimate of drug-likeness (QED) is 0.306. The number of hydrazone groups is 1. The molecule has 20 heavy (non-hydrogen) atoms. The Labute approximate surface area is 117 Å². The average Bonchev–Trinajstić information content (AvgIpc) is 2.45. The van der Waals surface area contributed by atoms with Crippen molar-refractivity contribution in [3.8, 4) is 5.75 Å². The molecule has 0 aliphatic carbocycles. The van der Waals surface area contributed by atoms with Gasteiger partial charge in [-0.15, -0.1) is 5.11 Å². The summed E-state index contributed by atoms with van der Waals surface area (Å²) in [5.41, 5.74) is 11.4. The summed E-state index contributed by atoms with van der Waals surface area (Å²) >= 11 is 0. The zero-order valence-corrected chi connectivity index (χ0v) is 11.5. The maximum atomic E-state index is 10.4. The fourth-order valence-electron chi connectivity index (χ4n) is 1.70. The molecule has 0 aromatic heterocycles. The molecule has 0 aliphatic heterocycles. The monoisotopic (exact) mass is 278 g/mol. The van der Waals surface area contributed by atoms with E-state index >= 15 is 0 Å². The lowest BCUT2D eigenvalue weighted by Crippen LogP contribution is -2.19. The second-order valence-electron chi connectivity index (χ2n) is 4.04. The van der Waals surface area contributed by atoms with E-state index in [1.165, 1.54) is 0 Å². The highest BCUT2D eigenvalue weighted by atomic mass is 16.5. The zero-order valence-electron chi connectivity index (χ0n) is 11.5. The number of aliphatic carboxylic acids is 1. The van der Waals surface area contributed by atoms with Gasteiger partial charge in [-0.3, -0.25) is 10.2 Å². The van der Waals surface area contributed by atoms with Gasteiger partial charge in [0.1, 0.15) is 12.3 Å². The molecule has 7 nitrogen and oxygen atoms in total. The summed E-state index contributed by atoms with van der Waals surface area (Å²) in [7, 11) is 1.62. The number of hydrogen-bond donors (Lipinski definition) is 3. The molecule has 0 saturated carbocycles. The summed E-state index contributed by atoms with van der Waals surface area (Å²) in [4.78, 5) is 10.4. The van der Waals surface area contributed by atoms with Crippen LogP contribution < -0.4 is 10.2 Å². The Morgan fingerprint density at radius 1 is 1.50 bits per heavy atom. The minimum absolute atomic E-state index is 0.221. The van der Waals surface area contributed by atoms with E-state index in [9.17, 15) is 4.79 Å². The number of carboxylic acids is 1. The molecule has 3 N–H and O–H groups in total. The number of carboxylic acid groups (broad SMARTS) is 1. The topological polar surface area (TPSA) is 107 Å². The fourth-order valence-corrected chi connectivity index (χ4v) is 1.70. The lowest BCUT2D eigenvalue weighted by molar-refractivity contribution is -0.135. The van der Waals surface area contributed by atoms with Gasteiger partial charge in [0.05, 0.1) is 7.11 Å². The van der Waals surface area contributed by atoms with E-state index < -0.39 is 5.97 Å². The van der Waals surface area contributed by atoms with Crippen molar-refractivity contribution in [2.45, 2.75) is 19.8 Å². The van der Waals surface area contributed by atoms with E-state index in [1.54, 1.807) is 7.11 Å². The van der Waals surface area contributed by atoms with E-state index in [2.05, 4.69) is 15.6 Å². The highest BCUT2D eigenvalue weighted by molar-refractivity contribution is 5.84. The molecular formula is C13H18N4O3. The van der Waals surface area contributed by atoms with Crippen molar-refractivity contribution >= 4 is 11.8 Å². The normalized spacial score (nSPS) is 11.0. The van der Waals surface area contributed by atoms with Crippen LogP contribution in [-0.2, 0) is 17.6 Å². The number of nitrogens with one attached hydrogen (secondary N) is 2. The predicted molar refractivity (Wildman–Crippen MR) is 74.3 cm³/mol. The lowest BCUT2D eigenvalue weighted by Gasteiger charge is -2.09. The summed E-state index contributed by atoms with van der Waals surface area (Å²) in [6, 6.07) is 5.70. The number of hydrogen-bond acceptors (Lipinski definition) is 5. The minimum atomic E-state index is -1.02. The van der Waals surface area contributed by atoms with E-state index in [1.807, 2.05) is 25.1 Å². The number of carbonyl (C=O) groups is 1. The number of ether oxygens (including phenoxy) is 1. The molecule has 1 rings (SSSR count). The first kappa shape index (κ1) is 15.6. The van der Waals surface area contributed by atoms with Gasteiger partial charge < -0.3 is 9.84 Å². The Bertz CT molecular complexity index is 514. The number of amidine groups is 1. The maximum absolute atomic E-state index is 10.4. The molecule has 0 heterocycles. The molecule has 0 spiro atoms. The second kappa shape index (κ2) is 7.88. The number of methoxy groups -OCH3 is 1. The van der Waals surface area contributed by atoms with Crippen molar-refractivity contribution in [2.24, 2.45) is 10.2 Å². The van der Waals surface area contributed by atoms with Crippen LogP contribution in [0.25, 0.3) is 0 Å². The van der Waals surface area contributed by atoms with Crippen molar-refractivity contribution in [3.05, 3.63) is 29.3 Å². The van der Waals surface area contributed by atoms with Crippen molar-refractivity contribution in [1.29, 1.82) is 5.53 Å². The Balaban J connectivity index is 2.79. The number of aryl methyl sites for hydroxylation is 1. The smallest absolute Gasteiger partial charge is 0.324 e. The van der Waals surface area contributed by atoms with Crippen LogP contribution in [0.3, 0.4) is 0 Å². The standard InChI is InChI=1S/C13H18N4O3/c1-3-10-6-9(4-5-11(10)20-2)7-12(16-14)17-15-8-13(18)19/h4-6,14-15H,3,7-8H2,1-2H3,(H,18,19)/b16-14?,17-12-. The molecule has 0 atom stereocenters. The van der Waals surface area contributed by atoms with Gasteiger partial charge in [-0.2, -0.15) is 5.10 Å². The molecule has 1 aromatic rings. The zero-order chi connectivity index (χ0) is 15.0. The number of rotatable bonds is 7. The van der Waals surface area contributed by atoms with Crippen LogP contribution in [0.2, 0.25) is 0 Å². The molecular weight excluding hydrogens is 260 g/mol. The summed E-state index contributed by atoms with van der Waals surface area (Å²) in [5.74, 6) is 0.0239. The SMILES string of the molecule is CCc1cc(C/C(N=N)=N/NCC(=O)O)ccc1OC. The molecule has 1 aromatic carbocycles. The summed E-state index contributed by atoms with van der Waals surface area (Å²) in [6.07, 6.45) is 1.19. The van der Waals surface area contributed by atoms with Gasteiger partial charge in [-0.25, -0.2) is 5.53 Å². The average molecular weight is 278 g/mol. The molecule has 0 amide bonds. The van der Waals surface area contributed by atoms with Crippen LogP contribution in [-0.4, -0.2) is 30.6 Å². The van der Waals surface area contributed by atoms with Crippen LogP contribution in [0.4, 0.5) is 0 Å². The predicted octanol–water partition coefficient (Wildman–Crippen LogP) is 1.82. The van der Waals surface area contributed by atoms with E-state index in [0.29, 0.717) is 6.42 Å². The molecule has 0 radical (unpaired) electrons. The Hall–Kier alpha value is -2.44. The van der Waals surface area contributed by atoms with Crippen LogP contribution in [0.15, 0.2) is 28.4 Å². The minimum Gasteiger partial charge on any atom is -0.496 e. The van der Waals surface area contributed by atoms with Gasteiger partial charge in [0.15, 0.2) is 5.84 Å². The van der Waals surface area contributed by atoms with Crippen LogP contribution >= 0.6 is 0 Å². The Morgan fingerprint density at radius 3 is 2.80 bits per heavy atom. The third-order valence-corrected chi connectivity index (χ3v) is 2.66. The van der Waals surface area contributed by atoms with Gasteiger partial charge in [-0.05, 0) is 23.6 Å². The number of nitrogens with zero attached hydrogens (tertiary/aromatic N) is 2. The molecule has 0 unspecified atom stereocenters. The summed E-state index contributed by atoms with van der Waals surface area (Å²) < 4.78 is 5.25. The van der Waals surface area contributed by atoms with Gasteiger partial charge >= 0.3 is 5.97 Å². The van der Waals surface area contributed by atoms with E-state index in [4.69, 9.17) is 15.4 Å². The highest BCUT2D eigenvalue weighted by Gasteiger charge is 2.06. The van der Waals surface area contributed by atoms with E-state index in [0.717, 1.165) is 23.3 Å². The molecule has 108 valence electrons. The van der Waals surface area contributed by atoms with Gasteiger partial charge in [-0.1, -0.05) is 19.1 Å². The van der Waals surface area contributed by atoms with Crippen molar-refractivity contribution in [3.63, 3.8) is 0 Å². The first-order valence-corrected chi connectivity index (χ1v) is 6.15. The van der Waals surface area contributed by atoms with Gasteiger partial charge in [0, 0.05) is 6.42 Å². The maximum Gasteiger partial charge on any atom is 0.324 e. The first-order chi connectivity index (χ1) is 9.60. The number of benzene rings is 1. The van der Waals surface area contributed by atoms with Crippen molar-refractivity contribution in [2.75, 3.05) is 13.7 Å². The molecule has 0 fully saturated rings. The summed E-state index contributed by atoms with van der Waals surface area (Å²) in [6.45, 7) is 1.72. The summed E-state index contributed by atoms with van der Waals surface area (Å²) in [5, 5.41) is 15.6. The second-order valence-corrected chi connectivity index (χ2v) is 4.04. The van der Waals surface area contributed by atoms with Gasteiger partial charge in [0.2, 0.25) is 0 Å². The van der Waals surface area contributed by atoms with Crippen LogP contribution in [0.5, 0.6) is 5.75 Å². The Kier molecular flexibility index (Phi) is 6.15. The molecule has 0 aliphatic rings. The third-order valence-electron chi connectivity index (χ3n) is 2.66. The van der Waals surface area contributed by atoms with Crippen LogP contribution in [0, 0.1) is 5.53 Å². The largest absolute Gasteiger partial charge is 0.496 e. The Morgan fingerprint density at radius 2 is 2.25 bits per heavy atom. The van der Waals surface area contributed by atoms with Crippen LogP contribution in [0.1, 0.15) is 18.1 Å². The molecule has 7 heteroatoms.